The summed E-state index contributed by atoms with van der Waals surface area (Å²) in [6.07, 6.45) is 0.884. The molecule has 0 spiro atoms. The number of cyclic esters (lactones) is 1. The van der Waals surface area contributed by atoms with Crippen LogP contribution in [0.5, 0.6) is 11.5 Å². The average Bonchev–Trinajstić information content (AvgIpc) is 3.48. The molecule has 3 aromatic rings. The molecule has 0 radical (unpaired) electrons. The topological polar surface area (TPSA) is 101 Å². The third-order valence-corrected chi connectivity index (χ3v) is 7.63. The molecule has 200 valence electrons. The van der Waals surface area contributed by atoms with Crippen molar-refractivity contribution in [2.45, 2.75) is 78.4 Å². The van der Waals surface area contributed by atoms with Gasteiger partial charge in [0.1, 0.15) is 6.61 Å². The smallest absolute Gasteiger partial charge is 0.343 e. The summed E-state index contributed by atoms with van der Waals surface area (Å²) >= 11 is 0. The highest BCUT2D eigenvalue weighted by atomic mass is 16.7. The lowest BCUT2D eigenvalue weighted by molar-refractivity contribution is -0.187. The predicted octanol–water partition coefficient (Wildman–Crippen LogP) is 3.78. The van der Waals surface area contributed by atoms with Crippen molar-refractivity contribution < 1.29 is 23.7 Å². The van der Waals surface area contributed by atoms with E-state index in [-0.39, 0.29) is 25.1 Å². The van der Waals surface area contributed by atoms with E-state index in [1.54, 1.807) is 4.57 Å². The van der Waals surface area contributed by atoms with Gasteiger partial charge in [0, 0.05) is 28.6 Å². The van der Waals surface area contributed by atoms with Gasteiger partial charge in [-0.2, -0.15) is 0 Å². The summed E-state index contributed by atoms with van der Waals surface area (Å²) in [6, 6.07) is 6.18. The van der Waals surface area contributed by atoms with E-state index in [4.69, 9.17) is 23.9 Å². The van der Waals surface area contributed by atoms with Crippen LogP contribution in [0.3, 0.4) is 0 Å². The minimum Gasteiger partial charge on any atom is -0.458 e. The van der Waals surface area contributed by atoms with Crippen LogP contribution in [0.4, 0.5) is 0 Å². The van der Waals surface area contributed by atoms with Gasteiger partial charge >= 0.3 is 5.97 Å². The lowest BCUT2D eigenvalue weighted by atomic mass is 9.85. The van der Waals surface area contributed by atoms with E-state index in [0.29, 0.717) is 47.3 Å². The molecule has 9 nitrogen and oxygen atoms in total. The van der Waals surface area contributed by atoms with Gasteiger partial charge in [-0.15, -0.1) is 0 Å². The Hall–Kier alpha value is -3.43. The fourth-order valence-corrected chi connectivity index (χ4v) is 5.91. The van der Waals surface area contributed by atoms with E-state index in [2.05, 4.69) is 19.2 Å². The van der Waals surface area contributed by atoms with Gasteiger partial charge in [0.2, 0.25) is 6.79 Å². The monoisotopic (exact) mass is 519 g/mol. The molecular formula is C29H33N3O6. The fraction of sp³-hybridized carbons (Fsp3) is 0.483. The van der Waals surface area contributed by atoms with E-state index < -0.39 is 11.6 Å². The van der Waals surface area contributed by atoms with E-state index in [0.717, 1.165) is 40.7 Å². The Kier molecular flexibility index (Phi) is 5.96. The molecule has 6 rings (SSSR count). The van der Waals surface area contributed by atoms with Crippen LogP contribution in [0.2, 0.25) is 0 Å². The van der Waals surface area contributed by atoms with Crippen LogP contribution in [0, 0.1) is 0 Å². The molecule has 2 aromatic heterocycles. The maximum Gasteiger partial charge on any atom is 0.343 e. The third-order valence-electron chi connectivity index (χ3n) is 7.63. The van der Waals surface area contributed by atoms with E-state index in [9.17, 15) is 9.59 Å². The van der Waals surface area contributed by atoms with Crippen molar-refractivity contribution in [3.8, 4) is 22.9 Å². The summed E-state index contributed by atoms with van der Waals surface area (Å²) in [5.41, 5.74) is 3.94. The molecule has 0 amide bonds. The summed E-state index contributed by atoms with van der Waals surface area (Å²) in [5.74, 6) is 0.910. The van der Waals surface area contributed by atoms with Crippen LogP contribution >= 0.6 is 0 Å². The molecule has 0 unspecified atom stereocenters. The number of carbonyl (C=O) groups excluding carboxylic acids is 1. The van der Waals surface area contributed by atoms with Crippen LogP contribution in [0.15, 0.2) is 23.0 Å². The maximum atomic E-state index is 13.9. The Balaban J connectivity index is 1.58. The Morgan fingerprint density at radius 3 is 2.55 bits per heavy atom. The minimum atomic E-state index is -1.33. The molecule has 0 fully saturated rings. The number of fused-ring (bicyclic) bond motifs is 6. The first-order valence-electron chi connectivity index (χ1n) is 13.3. The highest BCUT2D eigenvalue weighted by Gasteiger charge is 2.48. The Labute approximate surface area is 221 Å². The number of ether oxygens (including phenoxy) is 4. The van der Waals surface area contributed by atoms with Crippen LogP contribution in [0.1, 0.15) is 63.3 Å². The zero-order valence-corrected chi connectivity index (χ0v) is 22.5. The summed E-state index contributed by atoms with van der Waals surface area (Å²) in [7, 11) is 0. The van der Waals surface area contributed by atoms with Crippen molar-refractivity contribution in [2.24, 2.45) is 0 Å². The van der Waals surface area contributed by atoms with Crippen LogP contribution in [0.25, 0.3) is 22.3 Å². The van der Waals surface area contributed by atoms with Gasteiger partial charge in [-0.05, 0) is 50.9 Å². The lowest BCUT2D eigenvalue weighted by Gasteiger charge is -2.37. The number of carbonyl (C=O) groups is 1. The number of hydrogen-bond donors (Lipinski definition) is 1. The molecule has 1 atom stereocenters. The molecule has 0 aliphatic carbocycles. The number of aromatic nitrogens is 2. The summed E-state index contributed by atoms with van der Waals surface area (Å²) in [4.78, 5) is 32.0. The van der Waals surface area contributed by atoms with Gasteiger partial charge < -0.3 is 28.8 Å². The quantitative estimate of drug-likeness (QED) is 0.368. The molecule has 1 N–H and O–H groups in total. The standard InChI is InChI=1S/C29H33N3O6/c1-6-29(38-16(4)5)21-10-23-26-19(12-32(23)27(33)20(21)13-35-28(29)34)17(7-8-30-15(2)3)18-9-24-25(37-14-36-24)11-22(18)31-26/h9-11,15-16,30H,6-8,12-14H2,1-5H3/t29-/m0/s1. The van der Waals surface area contributed by atoms with Crippen molar-refractivity contribution in [3.63, 3.8) is 0 Å². The second kappa shape index (κ2) is 9.10. The highest BCUT2D eigenvalue weighted by Crippen LogP contribution is 2.44. The second-order valence-corrected chi connectivity index (χ2v) is 10.7. The van der Waals surface area contributed by atoms with Crippen LogP contribution in [-0.4, -0.2) is 41.0 Å². The number of hydrogen-bond acceptors (Lipinski definition) is 8. The largest absolute Gasteiger partial charge is 0.458 e. The molecule has 0 saturated heterocycles. The Morgan fingerprint density at radius 2 is 1.84 bits per heavy atom. The molecule has 1 aromatic carbocycles. The first-order chi connectivity index (χ1) is 18.2. The Morgan fingerprint density at radius 1 is 1.08 bits per heavy atom. The van der Waals surface area contributed by atoms with Gasteiger partial charge in [0.25, 0.3) is 5.56 Å². The van der Waals surface area contributed by atoms with Gasteiger partial charge in [0.05, 0.1) is 35.1 Å². The molecular weight excluding hydrogens is 486 g/mol. The average molecular weight is 520 g/mol. The van der Waals surface area contributed by atoms with Gasteiger partial charge in [-0.3, -0.25) is 4.79 Å². The second-order valence-electron chi connectivity index (χ2n) is 10.7. The maximum absolute atomic E-state index is 13.9. The number of pyridine rings is 2. The number of rotatable bonds is 7. The number of benzene rings is 1. The molecule has 0 saturated carbocycles. The predicted molar refractivity (Wildman–Crippen MR) is 141 cm³/mol. The summed E-state index contributed by atoms with van der Waals surface area (Å²) in [6.45, 7) is 11.2. The zero-order valence-electron chi connectivity index (χ0n) is 22.5. The Bertz CT molecular complexity index is 1530. The third kappa shape index (κ3) is 3.71. The van der Waals surface area contributed by atoms with Crippen molar-refractivity contribution in [1.82, 2.24) is 14.9 Å². The van der Waals surface area contributed by atoms with E-state index in [1.807, 2.05) is 39.0 Å². The highest BCUT2D eigenvalue weighted by molar-refractivity contribution is 5.91. The molecule has 9 heteroatoms. The van der Waals surface area contributed by atoms with Crippen molar-refractivity contribution in [2.75, 3.05) is 13.3 Å². The molecule has 3 aliphatic heterocycles. The van der Waals surface area contributed by atoms with E-state index >= 15 is 0 Å². The molecule has 5 heterocycles. The number of esters is 1. The van der Waals surface area contributed by atoms with Gasteiger partial charge in [-0.1, -0.05) is 20.8 Å². The van der Waals surface area contributed by atoms with Crippen LogP contribution < -0.4 is 20.3 Å². The molecule has 3 aliphatic rings. The fourth-order valence-electron chi connectivity index (χ4n) is 5.91. The molecule has 0 bridgehead atoms. The zero-order chi connectivity index (χ0) is 26.8. The summed E-state index contributed by atoms with van der Waals surface area (Å²) < 4.78 is 24.8. The van der Waals surface area contributed by atoms with Crippen molar-refractivity contribution in [1.29, 1.82) is 0 Å². The van der Waals surface area contributed by atoms with Crippen LogP contribution in [-0.2, 0) is 39.4 Å². The first kappa shape index (κ1) is 24.9. The van der Waals surface area contributed by atoms with Crippen molar-refractivity contribution in [3.05, 3.63) is 50.8 Å². The van der Waals surface area contributed by atoms with Crippen molar-refractivity contribution >= 4 is 16.9 Å². The van der Waals surface area contributed by atoms with E-state index in [1.165, 1.54) is 0 Å². The normalized spacial score (nSPS) is 19.2. The minimum absolute atomic E-state index is 0.0607. The number of nitrogens with zero attached hydrogens (tertiary/aromatic N) is 2. The summed E-state index contributed by atoms with van der Waals surface area (Å²) in [5, 5.41) is 4.50. The van der Waals surface area contributed by atoms with Gasteiger partial charge in [-0.25, -0.2) is 9.78 Å². The first-order valence-corrected chi connectivity index (χ1v) is 13.3. The SMILES string of the molecule is CC[C@@]1(OC(C)C)C(=O)OCc2c1cc1n(c2=O)Cc2c-1nc1cc3c(cc1c2CCNC(C)C)OCO3. The number of nitrogens with one attached hydrogen (secondary N) is 1. The molecule has 38 heavy (non-hydrogen) atoms. The van der Waals surface area contributed by atoms with Gasteiger partial charge in [0.15, 0.2) is 17.1 Å². The lowest BCUT2D eigenvalue weighted by Crippen LogP contribution is -2.47.